The highest BCUT2D eigenvalue weighted by atomic mass is 16.5. The molecule has 2 bridgehead atoms. The van der Waals surface area contributed by atoms with E-state index in [1.165, 1.54) is 6.08 Å². The molecule has 1 aromatic heterocycles. The molecule has 6 rings (SSSR count). The number of rotatable bonds is 9. The number of hydrogen-bond acceptors (Lipinski definition) is 9. The number of likely N-dealkylation sites (N-methyl/N-ethyl adjacent to an activating group) is 2. The molecule has 10 heteroatoms. The van der Waals surface area contributed by atoms with Gasteiger partial charge in [0.1, 0.15) is 11.9 Å². The van der Waals surface area contributed by atoms with Crippen molar-refractivity contribution in [2.45, 2.75) is 24.5 Å². The molecule has 3 fully saturated rings. The van der Waals surface area contributed by atoms with Gasteiger partial charge in [-0.1, -0.05) is 6.58 Å². The van der Waals surface area contributed by atoms with Crippen LogP contribution in [0, 0.1) is 5.92 Å². The van der Waals surface area contributed by atoms with Gasteiger partial charge < -0.3 is 35.2 Å². The van der Waals surface area contributed by atoms with Gasteiger partial charge in [0.05, 0.1) is 35.9 Å². The normalized spacial score (nSPS) is 23.2. The van der Waals surface area contributed by atoms with Crippen molar-refractivity contribution in [1.82, 2.24) is 14.9 Å². The number of amides is 1. The molecule has 3 saturated carbocycles. The van der Waals surface area contributed by atoms with Gasteiger partial charge in [-0.05, 0) is 39.1 Å². The Bertz CT molecular complexity index is 1130. The number of benzene rings is 1. The zero-order chi connectivity index (χ0) is 24.0. The molecule has 1 unspecified atom stereocenters. The Morgan fingerprint density at radius 3 is 2.76 bits per heavy atom. The van der Waals surface area contributed by atoms with Crippen LogP contribution in [0.3, 0.4) is 0 Å². The van der Waals surface area contributed by atoms with Crippen LogP contribution in [0.5, 0.6) is 11.5 Å². The molecule has 2 aromatic rings. The van der Waals surface area contributed by atoms with Gasteiger partial charge in [-0.15, -0.1) is 0 Å². The minimum absolute atomic E-state index is 0.0436. The van der Waals surface area contributed by atoms with Crippen LogP contribution in [0.1, 0.15) is 12.8 Å². The maximum Gasteiger partial charge on any atom is 0.247 e. The standard InChI is InChI=1S/C24H31N7O3/c1-6-20(32)26-15-9-16(18(33-5)10-17(15)31(4)8-7-30(2)3)27-23-25-13-19-22(28-23)29-24-11-14(12-24)21(24)34-19/h6,9-10,13-14,21H,1,7-8,11-12H2,2-5H3,(H,26,32)(H2,25,27,28,29). The number of nitrogens with one attached hydrogen (secondary N) is 3. The quantitative estimate of drug-likeness (QED) is 0.482. The topological polar surface area (TPSA) is 104 Å². The van der Waals surface area contributed by atoms with E-state index in [9.17, 15) is 4.79 Å². The molecule has 1 spiro atoms. The lowest BCUT2D eigenvalue weighted by atomic mass is 9.47. The van der Waals surface area contributed by atoms with E-state index in [1.54, 1.807) is 13.3 Å². The van der Waals surface area contributed by atoms with E-state index >= 15 is 0 Å². The van der Waals surface area contributed by atoms with Crippen molar-refractivity contribution in [2.24, 2.45) is 5.92 Å². The maximum absolute atomic E-state index is 12.1. The lowest BCUT2D eigenvalue weighted by Crippen LogP contribution is -2.78. The molecule has 1 aromatic carbocycles. The average molecular weight is 466 g/mol. The van der Waals surface area contributed by atoms with Crippen molar-refractivity contribution >= 4 is 34.7 Å². The molecule has 1 amide bonds. The molecule has 0 saturated heterocycles. The average Bonchev–Trinajstić information content (AvgIpc) is 2.78. The Kier molecular flexibility index (Phi) is 5.47. The number of anilines is 5. The lowest BCUT2D eigenvalue weighted by Gasteiger charge is -2.68. The third-order valence-electron chi connectivity index (χ3n) is 6.90. The van der Waals surface area contributed by atoms with E-state index in [4.69, 9.17) is 9.47 Å². The summed E-state index contributed by atoms with van der Waals surface area (Å²) in [6.07, 6.45) is 5.45. The first kappa shape index (κ1) is 22.3. The summed E-state index contributed by atoms with van der Waals surface area (Å²) >= 11 is 0. The summed E-state index contributed by atoms with van der Waals surface area (Å²) in [6.45, 7) is 5.19. The molecule has 0 radical (unpaired) electrons. The number of aromatic nitrogens is 2. The highest BCUT2D eigenvalue weighted by molar-refractivity contribution is 6.02. The van der Waals surface area contributed by atoms with Crippen molar-refractivity contribution in [3.05, 3.63) is 31.0 Å². The molecule has 1 atom stereocenters. The Balaban J connectivity index is 1.43. The summed E-state index contributed by atoms with van der Waals surface area (Å²) in [6, 6.07) is 3.72. The Hall–Kier alpha value is -3.53. The molecule has 1 aliphatic heterocycles. The van der Waals surface area contributed by atoms with Gasteiger partial charge in [0.25, 0.3) is 0 Å². The van der Waals surface area contributed by atoms with Crippen LogP contribution in [0.2, 0.25) is 0 Å². The van der Waals surface area contributed by atoms with E-state index in [1.807, 2.05) is 33.3 Å². The predicted molar refractivity (Wildman–Crippen MR) is 132 cm³/mol. The minimum atomic E-state index is -0.294. The molecule has 180 valence electrons. The van der Waals surface area contributed by atoms with Crippen LogP contribution < -0.4 is 30.3 Å². The Morgan fingerprint density at radius 1 is 1.32 bits per heavy atom. The predicted octanol–water partition coefficient (Wildman–Crippen LogP) is 2.69. The third kappa shape index (κ3) is 3.77. The fourth-order valence-corrected chi connectivity index (χ4v) is 4.84. The first-order chi connectivity index (χ1) is 16.3. The van der Waals surface area contributed by atoms with Crippen molar-refractivity contribution in [1.29, 1.82) is 0 Å². The summed E-state index contributed by atoms with van der Waals surface area (Å²) in [5.41, 5.74) is 2.13. The molecule has 3 N–H and O–H groups in total. The van der Waals surface area contributed by atoms with Crippen LogP contribution in [-0.2, 0) is 4.79 Å². The van der Waals surface area contributed by atoms with Crippen LogP contribution in [0.25, 0.3) is 0 Å². The van der Waals surface area contributed by atoms with Crippen molar-refractivity contribution in [3.63, 3.8) is 0 Å². The van der Waals surface area contributed by atoms with Crippen LogP contribution in [0.15, 0.2) is 31.0 Å². The smallest absolute Gasteiger partial charge is 0.247 e. The summed E-state index contributed by atoms with van der Waals surface area (Å²) in [7, 11) is 7.63. The number of nitrogens with zero attached hydrogens (tertiary/aromatic N) is 4. The van der Waals surface area contributed by atoms with Gasteiger partial charge in [0, 0.05) is 32.1 Å². The second-order valence-electron chi connectivity index (χ2n) is 9.51. The van der Waals surface area contributed by atoms with Gasteiger partial charge in [0.15, 0.2) is 11.6 Å². The SMILES string of the molecule is C=CC(=O)Nc1cc(Nc2ncc3c(n2)NC24CC(C2)C4O3)c(OC)cc1N(C)CCN(C)C. The molecular weight excluding hydrogens is 434 g/mol. The fraction of sp³-hybridized carbons (Fsp3) is 0.458. The third-order valence-corrected chi connectivity index (χ3v) is 6.90. The van der Waals surface area contributed by atoms with Crippen LogP contribution in [0.4, 0.5) is 28.8 Å². The van der Waals surface area contributed by atoms with Crippen molar-refractivity contribution in [2.75, 3.05) is 62.2 Å². The number of fused-ring (bicyclic) bond motifs is 1. The van der Waals surface area contributed by atoms with Gasteiger partial charge in [-0.3, -0.25) is 4.79 Å². The van der Waals surface area contributed by atoms with Gasteiger partial charge >= 0.3 is 0 Å². The van der Waals surface area contributed by atoms with Gasteiger partial charge in [0.2, 0.25) is 11.9 Å². The zero-order valence-electron chi connectivity index (χ0n) is 20.0. The Morgan fingerprint density at radius 2 is 2.12 bits per heavy atom. The molecule has 3 aliphatic carbocycles. The second kappa shape index (κ2) is 8.35. The summed E-state index contributed by atoms with van der Waals surface area (Å²) < 4.78 is 11.8. The zero-order valence-corrected chi connectivity index (χ0v) is 20.0. The molecular formula is C24H31N7O3. The second-order valence-corrected chi connectivity index (χ2v) is 9.51. The van der Waals surface area contributed by atoms with E-state index in [0.29, 0.717) is 40.6 Å². The number of hydrogen-bond donors (Lipinski definition) is 3. The highest BCUT2D eigenvalue weighted by Gasteiger charge is 2.69. The van der Waals surface area contributed by atoms with Crippen molar-refractivity contribution < 1.29 is 14.3 Å². The fourth-order valence-electron chi connectivity index (χ4n) is 4.84. The number of carbonyl (C=O) groups excluding carboxylic acids is 1. The highest BCUT2D eigenvalue weighted by Crippen LogP contribution is 2.62. The monoisotopic (exact) mass is 465 g/mol. The number of carbonyl (C=O) groups is 1. The van der Waals surface area contributed by atoms with Crippen molar-refractivity contribution in [3.8, 4) is 11.5 Å². The van der Waals surface area contributed by atoms with Crippen LogP contribution >= 0.6 is 0 Å². The molecule has 4 aliphatic rings. The molecule has 34 heavy (non-hydrogen) atoms. The maximum atomic E-state index is 12.1. The Labute approximate surface area is 199 Å². The minimum Gasteiger partial charge on any atom is -0.494 e. The molecule has 10 nitrogen and oxygen atoms in total. The molecule has 2 heterocycles. The van der Waals surface area contributed by atoms with Crippen LogP contribution in [-0.4, -0.2) is 73.8 Å². The first-order valence-electron chi connectivity index (χ1n) is 11.4. The van der Waals surface area contributed by atoms with E-state index in [2.05, 4.69) is 42.3 Å². The van der Waals surface area contributed by atoms with E-state index < -0.39 is 0 Å². The number of ether oxygens (including phenoxy) is 2. The first-order valence-corrected chi connectivity index (χ1v) is 11.4. The number of methoxy groups -OCH3 is 1. The van der Waals surface area contributed by atoms with Gasteiger partial charge in [-0.2, -0.15) is 4.98 Å². The largest absolute Gasteiger partial charge is 0.494 e. The lowest BCUT2D eigenvalue weighted by molar-refractivity contribution is -0.150. The van der Waals surface area contributed by atoms with E-state index in [-0.39, 0.29) is 17.6 Å². The van der Waals surface area contributed by atoms with E-state index in [0.717, 1.165) is 31.6 Å². The summed E-state index contributed by atoms with van der Waals surface area (Å²) in [4.78, 5) is 25.4. The summed E-state index contributed by atoms with van der Waals surface area (Å²) in [5.74, 6) is 2.76. The van der Waals surface area contributed by atoms with Gasteiger partial charge in [-0.25, -0.2) is 4.98 Å². The summed E-state index contributed by atoms with van der Waals surface area (Å²) in [5, 5.41) is 9.71.